The van der Waals surface area contributed by atoms with E-state index in [2.05, 4.69) is 25.6 Å². The first kappa shape index (κ1) is 22.9. The Morgan fingerprint density at radius 3 is 2.74 bits per heavy atom. The molecule has 6 N–H and O–H groups in total. The second kappa shape index (κ2) is 9.79. The lowest BCUT2D eigenvalue weighted by Gasteiger charge is -2.20. The summed E-state index contributed by atoms with van der Waals surface area (Å²) in [5, 5.41) is 37.9. The van der Waals surface area contributed by atoms with E-state index in [1.807, 2.05) is 42.5 Å². The normalized spacial score (nSPS) is 21.7. The van der Waals surface area contributed by atoms with Gasteiger partial charge in [-0.2, -0.15) is 9.97 Å². The molecule has 1 aliphatic carbocycles. The van der Waals surface area contributed by atoms with Gasteiger partial charge in [-0.15, -0.1) is 0 Å². The quantitative estimate of drug-likeness (QED) is 0.270. The number of aromatic amines is 1. The number of hydrogen-bond acceptors (Lipinski definition) is 9. The summed E-state index contributed by atoms with van der Waals surface area (Å²) in [6, 6.07) is 14.8. The molecule has 0 saturated heterocycles. The summed E-state index contributed by atoms with van der Waals surface area (Å²) in [6.45, 7) is -0.209. The third-order valence-corrected chi connectivity index (χ3v) is 6.27. The maximum Gasteiger partial charge on any atom is 0.367 e. The van der Waals surface area contributed by atoms with E-state index in [0.29, 0.717) is 35.3 Å². The highest BCUT2D eigenvalue weighted by molar-refractivity contribution is 5.83. The molecule has 1 saturated carbocycles. The number of para-hydroxylation sites is 1. The second-order valence-electron chi connectivity index (χ2n) is 8.53. The van der Waals surface area contributed by atoms with Crippen LogP contribution in [0.4, 0.5) is 17.5 Å². The monoisotopic (exact) mass is 475 g/mol. The van der Waals surface area contributed by atoms with Gasteiger partial charge in [0.05, 0.1) is 47.8 Å². The molecule has 0 amide bonds. The number of nitrogens with zero attached hydrogens (tertiary/aromatic N) is 3. The molecule has 4 atom stereocenters. The van der Waals surface area contributed by atoms with Crippen molar-refractivity contribution in [2.45, 2.75) is 24.7 Å². The fourth-order valence-corrected chi connectivity index (χ4v) is 4.35. The molecule has 1 aliphatic rings. The van der Waals surface area contributed by atoms with Crippen molar-refractivity contribution in [3.63, 3.8) is 0 Å². The largest absolute Gasteiger partial charge is 0.448 e. The Labute approximate surface area is 201 Å². The first-order chi connectivity index (χ1) is 17.1. The number of hydrogen-bond donors (Lipinski definition) is 5. The van der Waals surface area contributed by atoms with Crippen LogP contribution in [0.3, 0.4) is 0 Å². The number of methoxy groups -OCH3 is 1. The highest BCUT2D eigenvalue weighted by Crippen LogP contribution is 2.33. The Morgan fingerprint density at radius 2 is 1.94 bits per heavy atom. The number of aromatic nitrogens is 4. The molecule has 0 unspecified atom stereocenters. The van der Waals surface area contributed by atoms with Crippen LogP contribution in [0.15, 0.2) is 60.9 Å². The molecule has 0 bridgehead atoms. The average molecular weight is 476 g/mol. The van der Waals surface area contributed by atoms with E-state index >= 15 is 0 Å². The van der Waals surface area contributed by atoms with Gasteiger partial charge in [0.1, 0.15) is 11.9 Å². The number of anilines is 3. The number of aliphatic hydroxyl groups is 3. The van der Waals surface area contributed by atoms with Crippen LogP contribution in [-0.2, 0) is 0 Å². The molecule has 1 aromatic carbocycles. The van der Waals surface area contributed by atoms with Crippen LogP contribution in [0.5, 0.6) is 5.88 Å². The summed E-state index contributed by atoms with van der Waals surface area (Å²) >= 11 is 0. The first-order valence-electron chi connectivity index (χ1n) is 11.3. The van der Waals surface area contributed by atoms with Gasteiger partial charge in [-0.1, -0.05) is 24.3 Å². The van der Waals surface area contributed by atoms with Crippen LogP contribution in [0, 0.1) is 5.92 Å². The number of nitrogens with one attached hydrogen (secondary N) is 3. The zero-order chi connectivity index (χ0) is 24.4. The van der Waals surface area contributed by atoms with Gasteiger partial charge in [-0.25, -0.2) is 9.97 Å². The number of benzene rings is 1. The van der Waals surface area contributed by atoms with Crippen LogP contribution in [0.1, 0.15) is 6.42 Å². The molecule has 0 aliphatic heterocycles. The zero-order valence-electron chi connectivity index (χ0n) is 19.1. The fraction of sp³-hybridized carbons (Fsp3) is 0.280. The van der Waals surface area contributed by atoms with E-state index in [4.69, 9.17) is 9.72 Å². The van der Waals surface area contributed by atoms with Crippen molar-refractivity contribution in [3.05, 3.63) is 60.9 Å². The molecule has 35 heavy (non-hydrogen) atoms. The van der Waals surface area contributed by atoms with Gasteiger partial charge < -0.3 is 30.7 Å². The molecule has 180 valence electrons. The first-order valence-corrected chi connectivity index (χ1v) is 11.3. The smallest absolute Gasteiger partial charge is 0.367 e. The number of rotatable bonds is 7. The molecule has 10 nitrogen and oxygen atoms in total. The molecule has 4 aromatic rings. The van der Waals surface area contributed by atoms with Crippen molar-refractivity contribution < 1.29 is 25.0 Å². The minimum Gasteiger partial charge on any atom is -0.448 e. The molecule has 5 rings (SSSR count). The van der Waals surface area contributed by atoms with Gasteiger partial charge in [0.2, 0.25) is 5.95 Å². The second-order valence-corrected chi connectivity index (χ2v) is 8.53. The molecule has 3 heterocycles. The minimum absolute atomic E-state index is 0.209. The van der Waals surface area contributed by atoms with Crippen molar-refractivity contribution in [1.82, 2.24) is 15.0 Å². The van der Waals surface area contributed by atoms with Gasteiger partial charge in [0, 0.05) is 30.2 Å². The van der Waals surface area contributed by atoms with Crippen LogP contribution in [0.25, 0.3) is 22.2 Å². The van der Waals surface area contributed by atoms with E-state index in [1.165, 1.54) is 0 Å². The van der Waals surface area contributed by atoms with E-state index in [9.17, 15) is 15.3 Å². The van der Waals surface area contributed by atoms with Crippen LogP contribution < -0.4 is 20.4 Å². The number of aliphatic hydroxyl groups excluding tert-OH is 3. The zero-order valence-corrected chi connectivity index (χ0v) is 19.1. The topological polar surface area (TPSA) is 147 Å². The third kappa shape index (κ3) is 4.72. The molecule has 3 aromatic heterocycles. The Balaban J connectivity index is 1.52. The lowest BCUT2D eigenvalue weighted by atomic mass is 10.1. The summed E-state index contributed by atoms with van der Waals surface area (Å²) in [4.78, 5) is 16.9. The molecule has 1 fully saturated rings. The van der Waals surface area contributed by atoms with E-state index in [0.717, 1.165) is 16.6 Å². The summed E-state index contributed by atoms with van der Waals surface area (Å²) in [5.41, 5.74) is 2.87. The van der Waals surface area contributed by atoms with Crippen molar-refractivity contribution in [3.8, 4) is 17.1 Å². The molecule has 0 spiro atoms. The highest BCUT2D eigenvalue weighted by Gasteiger charge is 2.41. The maximum atomic E-state index is 10.6. The van der Waals surface area contributed by atoms with Gasteiger partial charge >= 0.3 is 5.88 Å². The Hall–Kier alpha value is -3.86. The van der Waals surface area contributed by atoms with Gasteiger partial charge in [-0.3, -0.25) is 0 Å². The lowest BCUT2D eigenvalue weighted by Crippen LogP contribution is -2.35. The Morgan fingerprint density at radius 1 is 1.09 bits per heavy atom. The minimum atomic E-state index is -1.05. The Bertz CT molecular complexity index is 1340. The standard InChI is InChI=1S/C25H26N6O4/c1-35-21-11-16(8-9-26-21)28-25-27-12-17(19-7-6-14-4-2-3-5-18(14)29-19)24(31-25)30-20-10-15(13-32)22(33)23(20)34/h2-9,11-12,15,20,22-23,32-34H,10,13H2,1H3,(H2,26,27,28,30,31)/p+1/t15-,20-,22-,23+/m1/s1. The number of ether oxygens (including phenoxy) is 1. The predicted octanol–water partition coefficient (Wildman–Crippen LogP) is 1.77. The van der Waals surface area contributed by atoms with Crippen LogP contribution in [-0.4, -0.2) is 62.2 Å². The van der Waals surface area contributed by atoms with Gasteiger partial charge in [0.15, 0.2) is 6.20 Å². The number of pyridine rings is 2. The summed E-state index contributed by atoms with van der Waals surface area (Å²) < 4.78 is 5.23. The van der Waals surface area contributed by atoms with Crippen molar-refractivity contribution in [2.75, 3.05) is 24.4 Å². The van der Waals surface area contributed by atoms with E-state index in [1.54, 1.807) is 25.6 Å². The summed E-state index contributed by atoms with van der Waals surface area (Å²) in [6.07, 6.45) is 1.72. The fourth-order valence-electron chi connectivity index (χ4n) is 4.35. The van der Waals surface area contributed by atoms with Crippen molar-refractivity contribution in [1.29, 1.82) is 0 Å². The molecular weight excluding hydrogens is 448 g/mol. The average Bonchev–Trinajstić information content (AvgIpc) is 3.16. The summed E-state index contributed by atoms with van der Waals surface area (Å²) in [7, 11) is 1.57. The van der Waals surface area contributed by atoms with Gasteiger partial charge in [-0.05, 0) is 18.6 Å². The molecular formula is C25H27N6O4+. The summed E-state index contributed by atoms with van der Waals surface area (Å²) in [5.74, 6) is 0.937. The van der Waals surface area contributed by atoms with E-state index in [-0.39, 0.29) is 6.61 Å². The third-order valence-electron chi connectivity index (χ3n) is 6.27. The Kier molecular flexibility index (Phi) is 6.41. The predicted molar refractivity (Wildman–Crippen MR) is 130 cm³/mol. The maximum absolute atomic E-state index is 10.6. The number of fused-ring (bicyclic) bond motifs is 1. The van der Waals surface area contributed by atoms with Crippen LogP contribution in [0.2, 0.25) is 0 Å². The lowest BCUT2D eigenvalue weighted by molar-refractivity contribution is -0.392. The number of H-pyrrole nitrogens is 1. The van der Waals surface area contributed by atoms with E-state index < -0.39 is 24.2 Å². The van der Waals surface area contributed by atoms with Gasteiger partial charge in [0.25, 0.3) is 0 Å². The molecule has 10 heteroatoms. The van der Waals surface area contributed by atoms with Crippen molar-refractivity contribution >= 4 is 28.4 Å². The molecule has 0 radical (unpaired) electrons. The van der Waals surface area contributed by atoms with Crippen LogP contribution >= 0.6 is 0 Å². The highest BCUT2D eigenvalue weighted by atomic mass is 16.5. The van der Waals surface area contributed by atoms with Crippen molar-refractivity contribution in [2.24, 2.45) is 5.92 Å². The SMILES string of the molecule is COc1cc(Nc2ncc(-c3ccc4ccccc4n3)c(N[C@@H]3C[C@H](CO)[C@@H](O)[C@H]3O)n2)cc[nH+]1.